The topological polar surface area (TPSA) is 87.2 Å². The Morgan fingerprint density at radius 2 is 2.14 bits per heavy atom. The van der Waals surface area contributed by atoms with Gasteiger partial charge in [-0.05, 0) is 18.8 Å². The summed E-state index contributed by atoms with van der Waals surface area (Å²) in [6.07, 6.45) is 2.40. The Bertz CT molecular complexity index is 453. The van der Waals surface area contributed by atoms with Crippen LogP contribution < -0.4 is 0 Å². The molecule has 1 saturated heterocycles. The molecule has 0 bridgehead atoms. The van der Waals surface area contributed by atoms with E-state index in [1.165, 1.54) is 12.0 Å². The van der Waals surface area contributed by atoms with Crippen LogP contribution in [0, 0.1) is 11.3 Å². The number of carbonyl (C=O) groups excluding carboxylic acids is 2. The molecule has 1 aliphatic heterocycles. The molecule has 0 aromatic heterocycles. The number of amides is 2. The van der Waals surface area contributed by atoms with E-state index in [2.05, 4.69) is 0 Å². The highest BCUT2D eigenvalue weighted by Crippen LogP contribution is 2.48. The highest BCUT2D eigenvalue weighted by atomic mass is 16.5. The van der Waals surface area contributed by atoms with Gasteiger partial charge in [-0.2, -0.15) is 0 Å². The lowest BCUT2D eigenvalue weighted by Crippen LogP contribution is -2.43. The number of carboxylic acids is 1. The molecule has 2 rings (SSSR count). The van der Waals surface area contributed by atoms with E-state index in [9.17, 15) is 19.5 Å². The van der Waals surface area contributed by atoms with Crippen LogP contribution in [-0.2, 0) is 19.1 Å². The van der Waals surface area contributed by atoms with Gasteiger partial charge in [0.15, 0.2) is 0 Å². The molecule has 0 spiro atoms. The normalized spacial score (nSPS) is 27.5. The molecule has 21 heavy (non-hydrogen) atoms. The maximum atomic E-state index is 12.3. The van der Waals surface area contributed by atoms with Gasteiger partial charge in [0, 0.05) is 27.2 Å². The van der Waals surface area contributed by atoms with Gasteiger partial charge in [-0.15, -0.1) is 0 Å². The number of fused-ring (bicyclic) bond motifs is 1. The van der Waals surface area contributed by atoms with Gasteiger partial charge in [0.1, 0.15) is 6.61 Å². The molecule has 1 aliphatic carbocycles. The summed E-state index contributed by atoms with van der Waals surface area (Å²) in [5, 5.41) is 9.49. The first-order valence-corrected chi connectivity index (χ1v) is 7.15. The lowest BCUT2D eigenvalue weighted by atomic mass is 9.81. The zero-order valence-electron chi connectivity index (χ0n) is 12.5. The minimum atomic E-state index is -0.802. The third kappa shape index (κ3) is 2.88. The van der Waals surface area contributed by atoms with E-state index in [-0.39, 0.29) is 37.4 Å². The summed E-state index contributed by atoms with van der Waals surface area (Å²) in [4.78, 5) is 38.3. The van der Waals surface area contributed by atoms with Crippen molar-refractivity contribution in [3.8, 4) is 0 Å². The maximum Gasteiger partial charge on any atom is 0.311 e. The summed E-state index contributed by atoms with van der Waals surface area (Å²) in [6, 6.07) is 0. The lowest BCUT2D eigenvalue weighted by Gasteiger charge is -2.24. The Balaban J connectivity index is 1.96. The molecule has 1 saturated carbocycles. The van der Waals surface area contributed by atoms with Crippen LogP contribution in [0.2, 0.25) is 0 Å². The lowest BCUT2D eigenvalue weighted by molar-refractivity contribution is -0.150. The number of carboxylic acid groups (broad SMARTS) is 1. The number of likely N-dealkylation sites (N-methyl/N-ethyl adjacent to an activating group) is 1. The second-order valence-corrected chi connectivity index (χ2v) is 6.01. The van der Waals surface area contributed by atoms with Crippen LogP contribution in [0.3, 0.4) is 0 Å². The molecule has 7 nitrogen and oxygen atoms in total. The SMILES string of the molecule is COCC(=O)N(C)CC(=O)N1C[C@@H]2CCC[C@@]2(C(=O)O)C1. The van der Waals surface area contributed by atoms with Crippen LogP contribution in [0.25, 0.3) is 0 Å². The molecule has 118 valence electrons. The van der Waals surface area contributed by atoms with Crippen molar-refractivity contribution in [1.29, 1.82) is 0 Å². The van der Waals surface area contributed by atoms with Crippen LogP contribution in [-0.4, -0.2) is 73.1 Å². The largest absolute Gasteiger partial charge is 0.481 e. The standard InChI is InChI=1S/C14H22N2O5/c1-15(12(18)8-21-2)7-11(17)16-6-10-4-3-5-14(10,9-16)13(19)20/h10H,3-9H2,1-2H3,(H,19,20)/t10-,14+/m0/s1. The summed E-state index contributed by atoms with van der Waals surface area (Å²) in [5.41, 5.74) is -0.773. The monoisotopic (exact) mass is 298 g/mol. The van der Waals surface area contributed by atoms with Gasteiger partial charge in [-0.25, -0.2) is 0 Å². The van der Waals surface area contributed by atoms with Crippen molar-refractivity contribution in [2.45, 2.75) is 19.3 Å². The summed E-state index contributed by atoms with van der Waals surface area (Å²) < 4.78 is 4.75. The van der Waals surface area contributed by atoms with Gasteiger partial charge in [0.05, 0.1) is 12.0 Å². The number of carbonyl (C=O) groups is 3. The van der Waals surface area contributed by atoms with E-state index < -0.39 is 11.4 Å². The van der Waals surface area contributed by atoms with Crippen molar-refractivity contribution in [3.63, 3.8) is 0 Å². The number of hydrogen-bond donors (Lipinski definition) is 1. The predicted octanol–water partition coefficient (Wildman–Crippen LogP) is -0.195. The van der Waals surface area contributed by atoms with E-state index in [0.29, 0.717) is 13.0 Å². The zero-order valence-corrected chi connectivity index (χ0v) is 12.5. The van der Waals surface area contributed by atoms with Gasteiger partial charge in [0.2, 0.25) is 11.8 Å². The number of methoxy groups -OCH3 is 1. The number of nitrogens with zero attached hydrogens (tertiary/aromatic N) is 2. The Hall–Kier alpha value is -1.63. The van der Waals surface area contributed by atoms with Gasteiger partial charge >= 0.3 is 5.97 Å². The number of hydrogen-bond acceptors (Lipinski definition) is 4. The molecule has 2 aliphatic rings. The molecule has 1 N–H and O–H groups in total. The van der Waals surface area contributed by atoms with Gasteiger partial charge < -0.3 is 19.6 Å². The number of aliphatic carboxylic acids is 1. The van der Waals surface area contributed by atoms with Crippen molar-refractivity contribution < 1.29 is 24.2 Å². The van der Waals surface area contributed by atoms with Crippen molar-refractivity contribution in [2.75, 3.05) is 40.4 Å². The molecule has 2 amide bonds. The number of likely N-dealkylation sites (tertiary alicyclic amines) is 1. The Kier molecular flexibility index (Phi) is 4.51. The Labute approximate surface area is 123 Å². The van der Waals surface area contributed by atoms with E-state index >= 15 is 0 Å². The third-order valence-corrected chi connectivity index (χ3v) is 4.72. The van der Waals surface area contributed by atoms with E-state index in [4.69, 9.17) is 4.74 Å². The summed E-state index contributed by atoms with van der Waals surface area (Å²) in [7, 11) is 2.97. The van der Waals surface area contributed by atoms with Gasteiger partial charge in [-0.1, -0.05) is 6.42 Å². The molecule has 2 fully saturated rings. The van der Waals surface area contributed by atoms with Crippen molar-refractivity contribution in [3.05, 3.63) is 0 Å². The minimum Gasteiger partial charge on any atom is -0.481 e. The van der Waals surface area contributed by atoms with Crippen LogP contribution in [0.1, 0.15) is 19.3 Å². The smallest absolute Gasteiger partial charge is 0.311 e. The molecule has 0 radical (unpaired) electrons. The number of ether oxygens (including phenoxy) is 1. The van der Waals surface area contributed by atoms with E-state index in [1.807, 2.05) is 0 Å². The predicted molar refractivity (Wildman–Crippen MR) is 73.5 cm³/mol. The van der Waals surface area contributed by atoms with E-state index in [0.717, 1.165) is 12.8 Å². The summed E-state index contributed by atoms with van der Waals surface area (Å²) in [6.45, 7) is 0.645. The fraction of sp³-hybridized carbons (Fsp3) is 0.786. The zero-order chi connectivity index (χ0) is 15.6. The molecule has 2 atom stereocenters. The average molecular weight is 298 g/mol. The molecule has 1 heterocycles. The van der Waals surface area contributed by atoms with Crippen LogP contribution >= 0.6 is 0 Å². The van der Waals surface area contributed by atoms with Crippen LogP contribution in [0.4, 0.5) is 0 Å². The molecule has 0 unspecified atom stereocenters. The van der Waals surface area contributed by atoms with Crippen LogP contribution in [0.5, 0.6) is 0 Å². The highest BCUT2D eigenvalue weighted by Gasteiger charge is 2.55. The van der Waals surface area contributed by atoms with Crippen molar-refractivity contribution in [2.24, 2.45) is 11.3 Å². The molecule has 7 heteroatoms. The van der Waals surface area contributed by atoms with Crippen LogP contribution in [0.15, 0.2) is 0 Å². The molecular formula is C14H22N2O5. The molecular weight excluding hydrogens is 276 g/mol. The first-order valence-electron chi connectivity index (χ1n) is 7.15. The summed E-state index contributed by atoms with van der Waals surface area (Å²) in [5.74, 6) is -1.22. The molecule has 0 aromatic rings. The first-order chi connectivity index (χ1) is 9.90. The van der Waals surface area contributed by atoms with Crippen molar-refractivity contribution >= 4 is 17.8 Å². The Morgan fingerprint density at radius 3 is 2.71 bits per heavy atom. The highest BCUT2D eigenvalue weighted by molar-refractivity contribution is 5.86. The maximum absolute atomic E-state index is 12.3. The quantitative estimate of drug-likeness (QED) is 0.760. The third-order valence-electron chi connectivity index (χ3n) is 4.72. The molecule has 0 aromatic carbocycles. The second-order valence-electron chi connectivity index (χ2n) is 6.01. The fourth-order valence-electron chi connectivity index (χ4n) is 3.45. The summed E-state index contributed by atoms with van der Waals surface area (Å²) >= 11 is 0. The van der Waals surface area contributed by atoms with E-state index in [1.54, 1.807) is 11.9 Å². The van der Waals surface area contributed by atoms with Crippen molar-refractivity contribution in [1.82, 2.24) is 9.80 Å². The fourth-order valence-corrected chi connectivity index (χ4v) is 3.45. The van der Waals surface area contributed by atoms with Gasteiger partial charge in [0.25, 0.3) is 0 Å². The number of rotatable bonds is 5. The first kappa shape index (κ1) is 15.8. The van der Waals surface area contributed by atoms with Gasteiger partial charge in [-0.3, -0.25) is 14.4 Å². The average Bonchev–Trinajstić information content (AvgIpc) is 2.96. The second kappa shape index (κ2) is 6.01. The minimum absolute atomic E-state index is 0.0371. The Morgan fingerprint density at radius 1 is 1.43 bits per heavy atom.